The Bertz CT molecular complexity index is 431. The van der Waals surface area contributed by atoms with Crippen molar-refractivity contribution in [2.24, 2.45) is 0 Å². The Balaban J connectivity index is 2.87. The molecular formula is C9H8OS2. The number of hydrogen-bond acceptors (Lipinski definition) is 3. The normalized spacial score (nSPS) is 10.8. The van der Waals surface area contributed by atoms with Crippen LogP contribution in [-0.4, -0.2) is 5.11 Å². The highest BCUT2D eigenvalue weighted by Gasteiger charge is 2.04. The molecule has 1 heterocycles. The lowest BCUT2D eigenvalue weighted by Crippen LogP contribution is -1.74. The predicted octanol–water partition coefficient (Wildman–Crippen LogP) is 3.20. The number of benzene rings is 1. The minimum Gasteiger partial charge on any atom is -0.506 e. The molecule has 2 rings (SSSR count). The molecule has 0 saturated carbocycles. The summed E-state index contributed by atoms with van der Waals surface area (Å²) in [6, 6.07) is 3.95. The molecule has 0 amide bonds. The van der Waals surface area contributed by atoms with Crippen LogP contribution in [0.15, 0.2) is 22.4 Å². The second-order valence-electron chi connectivity index (χ2n) is 2.76. The molecule has 0 aliphatic heterocycles. The zero-order valence-corrected chi connectivity index (χ0v) is 8.25. The van der Waals surface area contributed by atoms with Crippen LogP contribution in [0.1, 0.15) is 5.56 Å². The summed E-state index contributed by atoms with van der Waals surface area (Å²) in [5.74, 6) is 0.352. The lowest BCUT2D eigenvalue weighted by molar-refractivity contribution is 0.483. The quantitative estimate of drug-likeness (QED) is 0.620. The van der Waals surface area contributed by atoms with Gasteiger partial charge in [0.2, 0.25) is 0 Å². The van der Waals surface area contributed by atoms with E-state index < -0.39 is 0 Å². The Kier molecular flexibility index (Phi) is 1.77. The predicted molar refractivity (Wildman–Crippen MR) is 55.5 cm³/mol. The largest absolute Gasteiger partial charge is 0.506 e. The van der Waals surface area contributed by atoms with Crippen LogP contribution in [0.2, 0.25) is 0 Å². The van der Waals surface area contributed by atoms with Crippen LogP contribution in [0.25, 0.3) is 10.1 Å². The van der Waals surface area contributed by atoms with Crippen LogP contribution in [0, 0.1) is 6.92 Å². The van der Waals surface area contributed by atoms with Gasteiger partial charge in [-0.15, -0.1) is 24.0 Å². The van der Waals surface area contributed by atoms with Crippen LogP contribution in [0.4, 0.5) is 0 Å². The van der Waals surface area contributed by atoms with Crippen molar-refractivity contribution in [3.63, 3.8) is 0 Å². The molecule has 0 aliphatic rings. The van der Waals surface area contributed by atoms with Crippen molar-refractivity contribution in [1.82, 2.24) is 0 Å². The fraction of sp³-hybridized carbons (Fsp3) is 0.111. The molecule has 62 valence electrons. The second-order valence-corrected chi connectivity index (χ2v) is 4.15. The second kappa shape index (κ2) is 2.68. The summed E-state index contributed by atoms with van der Waals surface area (Å²) in [6.45, 7) is 2.01. The van der Waals surface area contributed by atoms with Gasteiger partial charge in [-0.1, -0.05) is 0 Å². The number of hydrogen-bond donors (Lipinski definition) is 2. The molecule has 0 fully saturated rings. The maximum Gasteiger partial charge on any atom is 0.134 e. The number of rotatable bonds is 0. The van der Waals surface area contributed by atoms with E-state index in [1.54, 1.807) is 16.7 Å². The molecule has 3 heteroatoms. The van der Waals surface area contributed by atoms with E-state index in [4.69, 9.17) is 0 Å². The van der Waals surface area contributed by atoms with E-state index in [2.05, 4.69) is 12.6 Å². The van der Waals surface area contributed by atoms with E-state index in [-0.39, 0.29) is 0 Å². The first-order valence-corrected chi connectivity index (χ1v) is 4.91. The highest BCUT2D eigenvalue weighted by Crippen LogP contribution is 2.33. The number of aryl methyl sites for hydroxylation is 1. The lowest BCUT2D eigenvalue weighted by atomic mass is 10.2. The van der Waals surface area contributed by atoms with Gasteiger partial charge in [-0.25, -0.2) is 0 Å². The van der Waals surface area contributed by atoms with Crippen molar-refractivity contribution in [2.75, 3.05) is 0 Å². The third kappa shape index (κ3) is 1.09. The highest BCUT2D eigenvalue weighted by atomic mass is 32.1. The standard InChI is InChI=1S/C9H8OS2/c1-5-2-9-6(3-8(5)11)7(10)4-12-9/h2-4,10-11H,1H3. The summed E-state index contributed by atoms with van der Waals surface area (Å²) in [7, 11) is 0. The smallest absolute Gasteiger partial charge is 0.134 e. The zero-order chi connectivity index (χ0) is 8.72. The average Bonchev–Trinajstić information content (AvgIpc) is 2.35. The molecular weight excluding hydrogens is 188 g/mol. The van der Waals surface area contributed by atoms with Crippen molar-refractivity contribution in [3.8, 4) is 5.75 Å². The van der Waals surface area contributed by atoms with Crippen LogP contribution < -0.4 is 0 Å². The van der Waals surface area contributed by atoms with E-state index in [0.717, 1.165) is 20.5 Å². The number of thiol groups is 1. The summed E-state index contributed by atoms with van der Waals surface area (Å²) >= 11 is 5.84. The fourth-order valence-corrected chi connectivity index (χ4v) is 2.24. The van der Waals surface area contributed by atoms with Gasteiger partial charge in [-0.3, -0.25) is 0 Å². The van der Waals surface area contributed by atoms with Gasteiger partial charge in [0, 0.05) is 20.4 Å². The van der Waals surface area contributed by atoms with Crippen LogP contribution in [-0.2, 0) is 0 Å². The lowest BCUT2D eigenvalue weighted by Gasteiger charge is -1.98. The third-order valence-electron chi connectivity index (χ3n) is 1.87. The topological polar surface area (TPSA) is 20.2 Å². The summed E-state index contributed by atoms with van der Waals surface area (Å²) < 4.78 is 1.11. The summed E-state index contributed by atoms with van der Waals surface area (Å²) in [4.78, 5) is 0.927. The van der Waals surface area contributed by atoms with E-state index in [1.807, 2.05) is 19.1 Å². The Labute approximate surface area is 80.1 Å². The van der Waals surface area contributed by atoms with Gasteiger partial charge in [-0.2, -0.15) is 0 Å². The van der Waals surface area contributed by atoms with Crippen molar-refractivity contribution < 1.29 is 5.11 Å². The van der Waals surface area contributed by atoms with Crippen molar-refractivity contribution >= 4 is 34.1 Å². The average molecular weight is 196 g/mol. The highest BCUT2D eigenvalue weighted by molar-refractivity contribution is 7.80. The molecule has 0 aliphatic carbocycles. The molecule has 0 radical (unpaired) electrons. The minimum atomic E-state index is 0.352. The molecule has 0 saturated heterocycles. The molecule has 1 nitrogen and oxygen atoms in total. The molecule has 12 heavy (non-hydrogen) atoms. The molecule has 2 aromatic rings. The zero-order valence-electron chi connectivity index (χ0n) is 6.53. The Hall–Kier alpha value is -0.670. The molecule has 1 aromatic heterocycles. The number of thiophene rings is 1. The fourth-order valence-electron chi connectivity index (χ4n) is 1.15. The first-order chi connectivity index (χ1) is 5.68. The van der Waals surface area contributed by atoms with E-state index in [9.17, 15) is 5.11 Å². The minimum absolute atomic E-state index is 0.352. The molecule has 0 spiro atoms. The van der Waals surface area contributed by atoms with Gasteiger partial charge in [-0.05, 0) is 24.6 Å². The Morgan fingerprint density at radius 2 is 2.17 bits per heavy atom. The third-order valence-corrected chi connectivity index (χ3v) is 3.29. The molecule has 0 bridgehead atoms. The summed E-state index contributed by atoms with van der Waals surface area (Å²) in [6.07, 6.45) is 0. The molecule has 1 aromatic carbocycles. The Morgan fingerprint density at radius 3 is 2.92 bits per heavy atom. The van der Waals surface area contributed by atoms with Crippen molar-refractivity contribution in [3.05, 3.63) is 23.1 Å². The molecule has 1 N–H and O–H groups in total. The maximum atomic E-state index is 9.40. The molecule has 0 atom stereocenters. The van der Waals surface area contributed by atoms with Crippen molar-refractivity contribution in [1.29, 1.82) is 0 Å². The number of fused-ring (bicyclic) bond motifs is 1. The Morgan fingerprint density at radius 1 is 1.42 bits per heavy atom. The van der Waals surface area contributed by atoms with Gasteiger partial charge in [0.05, 0.1) is 0 Å². The van der Waals surface area contributed by atoms with Crippen molar-refractivity contribution in [2.45, 2.75) is 11.8 Å². The maximum absolute atomic E-state index is 9.40. The van der Waals surface area contributed by atoms with Gasteiger partial charge < -0.3 is 5.11 Å². The van der Waals surface area contributed by atoms with Crippen LogP contribution >= 0.6 is 24.0 Å². The van der Waals surface area contributed by atoms with Gasteiger partial charge in [0.25, 0.3) is 0 Å². The number of aromatic hydroxyl groups is 1. The van der Waals surface area contributed by atoms with Gasteiger partial charge in [0.15, 0.2) is 0 Å². The van der Waals surface area contributed by atoms with E-state index in [1.165, 1.54) is 0 Å². The first kappa shape index (κ1) is 7.95. The monoisotopic (exact) mass is 196 g/mol. The van der Waals surface area contributed by atoms with Crippen LogP contribution in [0.5, 0.6) is 5.75 Å². The molecule has 0 unspecified atom stereocenters. The van der Waals surface area contributed by atoms with Gasteiger partial charge in [0.1, 0.15) is 5.75 Å². The SMILES string of the molecule is Cc1cc2scc(O)c2cc1S. The first-order valence-electron chi connectivity index (χ1n) is 3.58. The van der Waals surface area contributed by atoms with E-state index in [0.29, 0.717) is 5.75 Å². The van der Waals surface area contributed by atoms with Crippen LogP contribution in [0.3, 0.4) is 0 Å². The van der Waals surface area contributed by atoms with Gasteiger partial charge >= 0.3 is 0 Å². The summed E-state index contributed by atoms with van der Waals surface area (Å²) in [5.41, 5.74) is 1.15. The summed E-state index contributed by atoms with van der Waals surface area (Å²) in [5, 5.41) is 12.0. The van der Waals surface area contributed by atoms with E-state index >= 15 is 0 Å².